The Morgan fingerprint density at radius 3 is 2.28 bits per heavy atom. The fraction of sp³-hybridized carbons (Fsp3) is 0.652. The summed E-state index contributed by atoms with van der Waals surface area (Å²) in [5.74, 6) is 0.406. The van der Waals surface area contributed by atoms with Crippen LogP contribution in [0.3, 0.4) is 0 Å². The van der Waals surface area contributed by atoms with Crippen molar-refractivity contribution in [2.75, 3.05) is 25.9 Å². The van der Waals surface area contributed by atoms with Crippen molar-refractivity contribution in [1.29, 1.82) is 0 Å². The van der Waals surface area contributed by atoms with Gasteiger partial charge in [-0.15, -0.1) is 11.8 Å². The van der Waals surface area contributed by atoms with Crippen molar-refractivity contribution >= 4 is 23.6 Å². The van der Waals surface area contributed by atoms with Crippen molar-refractivity contribution in [3.05, 3.63) is 29.8 Å². The quantitative estimate of drug-likeness (QED) is 0.691. The zero-order valence-electron chi connectivity index (χ0n) is 17.6. The van der Waals surface area contributed by atoms with Crippen LogP contribution in [0.2, 0.25) is 0 Å². The molecule has 0 radical (unpaired) electrons. The second-order valence-corrected chi connectivity index (χ2v) is 9.46. The second kappa shape index (κ2) is 11.6. The largest absolute Gasteiger partial charge is 0.353 e. The van der Waals surface area contributed by atoms with Gasteiger partial charge in [-0.05, 0) is 58.0 Å². The highest BCUT2D eigenvalue weighted by Gasteiger charge is 2.21. The molecule has 2 aliphatic rings. The number of carbonyl (C=O) groups is 2. The molecular formula is C23H35N3O2S. The van der Waals surface area contributed by atoms with Gasteiger partial charge >= 0.3 is 0 Å². The van der Waals surface area contributed by atoms with E-state index in [0.29, 0.717) is 17.4 Å². The molecule has 1 saturated carbocycles. The molecule has 5 nitrogen and oxygen atoms in total. The molecule has 0 atom stereocenters. The smallest absolute Gasteiger partial charge is 0.252 e. The van der Waals surface area contributed by atoms with Gasteiger partial charge in [-0.2, -0.15) is 0 Å². The number of likely N-dealkylation sites (tertiary alicyclic amines) is 1. The van der Waals surface area contributed by atoms with Crippen LogP contribution in [0.15, 0.2) is 29.2 Å². The van der Waals surface area contributed by atoms with Gasteiger partial charge < -0.3 is 15.5 Å². The minimum Gasteiger partial charge on any atom is -0.353 e. The lowest BCUT2D eigenvalue weighted by Gasteiger charge is -2.29. The third-order valence-electron chi connectivity index (χ3n) is 6.01. The molecule has 29 heavy (non-hydrogen) atoms. The van der Waals surface area contributed by atoms with Gasteiger partial charge in [-0.1, -0.05) is 44.2 Å². The summed E-state index contributed by atoms with van der Waals surface area (Å²) < 4.78 is 0. The normalized spacial score (nSPS) is 19.9. The van der Waals surface area contributed by atoms with E-state index < -0.39 is 0 Å². The third-order valence-corrected chi connectivity index (χ3v) is 7.09. The molecule has 3 rings (SSSR count). The summed E-state index contributed by atoms with van der Waals surface area (Å²) in [5.41, 5.74) is 0.676. The predicted octanol–water partition coefficient (Wildman–Crippen LogP) is 3.83. The van der Waals surface area contributed by atoms with Crippen molar-refractivity contribution in [3.63, 3.8) is 0 Å². The summed E-state index contributed by atoms with van der Waals surface area (Å²) in [4.78, 5) is 28.5. The first-order chi connectivity index (χ1) is 14.1. The topological polar surface area (TPSA) is 61.4 Å². The number of benzene rings is 1. The molecule has 1 heterocycles. The van der Waals surface area contributed by atoms with Crippen molar-refractivity contribution in [2.24, 2.45) is 0 Å². The first kappa shape index (κ1) is 22.2. The Bertz CT molecular complexity index is 666. The van der Waals surface area contributed by atoms with Gasteiger partial charge in [0.1, 0.15) is 0 Å². The Hall–Kier alpha value is -1.53. The molecule has 1 aliphatic heterocycles. The molecule has 1 saturated heterocycles. The van der Waals surface area contributed by atoms with Crippen LogP contribution in [0.25, 0.3) is 0 Å². The Kier molecular flexibility index (Phi) is 8.87. The predicted molar refractivity (Wildman–Crippen MR) is 119 cm³/mol. The number of carbonyl (C=O) groups excluding carboxylic acids is 2. The minimum absolute atomic E-state index is 0.0249. The molecule has 2 N–H and O–H groups in total. The zero-order valence-corrected chi connectivity index (χ0v) is 18.4. The summed E-state index contributed by atoms with van der Waals surface area (Å²) in [5, 5.41) is 6.39. The Balaban J connectivity index is 1.50. The molecule has 1 aliphatic carbocycles. The molecule has 0 aromatic heterocycles. The molecule has 0 unspecified atom stereocenters. The van der Waals surface area contributed by atoms with E-state index in [1.165, 1.54) is 43.9 Å². The van der Waals surface area contributed by atoms with Crippen molar-refractivity contribution in [2.45, 2.75) is 74.8 Å². The number of piperidine rings is 1. The highest BCUT2D eigenvalue weighted by Crippen LogP contribution is 2.24. The molecule has 0 bridgehead atoms. The number of rotatable bonds is 6. The number of nitrogens with zero attached hydrogens (tertiary/aromatic N) is 1. The fourth-order valence-corrected chi connectivity index (χ4v) is 5.07. The summed E-state index contributed by atoms with van der Waals surface area (Å²) >= 11 is 1.46. The van der Waals surface area contributed by atoms with Gasteiger partial charge in [0.25, 0.3) is 5.91 Å². The average Bonchev–Trinajstić information content (AvgIpc) is 2.70. The van der Waals surface area contributed by atoms with E-state index >= 15 is 0 Å². The summed E-state index contributed by atoms with van der Waals surface area (Å²) in [6.07, 6.45) is 10.4. The average molecular weight is 418 g/mol. The van der Waals surface area contributed by atoms with Crippen LogP contribution in [-0.2, 0) is 4.79 Å². The maximum atomic E-state index is 12.8. The van der Waals surface area contributed by atoms with E-state index in [9.17, 15) is 9.59 Å². The van der Waals surface area contributed by atoms with Crippen molar-refractivity contribution in [3.8, 4) is 0 Å². The van der Waals surface area contributed by atoms with Gasteiger partial charge in [-0.3, -0.25) is 9.59 Å². The lowest BCUT2D eigenvalue weighted by molar-refractivity contribution is -0.119. The number of hydrogen-bond acceptors (Lipinski definition) is 4. The second-order valence-electron chi connectivity index (χ2n) is 8.45. The maximum absolute atomic E-state index is 12.8. The standard InChI is InChI=1S/C23H35N3O2S/c1-26-15-13-19(14-16-26)25-23(28)20-11-7-8-12-21(20)29-17-22(27)24-18-9-5-3-2-4-6-10-18/h7-8,11-12,18-19H,2-6,9-10,13-17H2,1H3,(H,24,27)(H,25,28). The Morgan fingerprint density at radius 1 is 0.931 bits per heavy atom. The minimum atomic E-state index is -0.0249. The molecule has 160 valence electrons. The number of thioether (sulfide) groups is 1. The SMILES string of the molecule is CN1CCC(NC(=O)c2ccccc2SCC(=O)NC2CCCCCCC2)CC1. The van der Waals surface area contributed by atoms with Crippen molar-refractivity contribution < 1.29 is 9.59 Å². The molecular weight excluding hydrogens is 382 g/mol. The Morgan fingerprint density at radius 2 is 1.55 bits per heavy atom. The monoisotopic (exact) mass is 417 g/mol. The van der Waals surface area contributed by atoms with E-state index in [4.69, 9.17) is 0 Å². The first-order valence-electron chi connectivity index (χ1n) is 11.1. The highest BCUT2D eigenvalue weighted by atomic mass is 32.2. The van der Waals surface area contributed by atoms with Crippen LogP contribution < -0.4 is 10.6 Å². The van der Waals surface area contributed by atoms with Crippen LogP contribution in [0.5, 0.6) is 0 Å². The third kappa shape index (κ3) is 7.34. The van der Waals surface area contributed by atoms with E-state index in [0.717, 1.165) is 43.7 Å². The number of nitrogens with one attached hydrogen (secondary N) is 2. The van der Waals surface area contributed by atoms with Gasteiger partial charge in [-0.25, -0.2) is 0 Å². The van der Waals surface area contributed by atoms with E-state index in [1.807, 2.05) is 24.3 Å². The highest BCUT2D eigenvalue weighted by molar-refractivity contribution is 8.00. The number of hydrogen-bond donors (Lipinski definition) is 2. The molecule has 2 fully saturated rings. The maximum Gasteiger partial charge on any atom is 0.252 e. The summed E-state index contributed by atoms with van der Waals surface area (Å²) in [6, 6.07) is 8.17. The van der Waals surface area contributed by atoms with Crippen LogP contribution in [0.1, 0.15) is 68.1 Å². The van der Waals surface area contributed by atoms with Gasteiger partial charge in [0.15, 0.2) is 0 Å². The first-order valence-corrected chi connectivity index (χ1v) is 12.1. The van der Waals surface area contributed by atoms with E-state index in [2.05, 4.69) is 22.6 Å². The van der Waals surface area contributed by atoms with Crippen LogP contribution in [0.4, 0.5) is 0 Å². The summed E-state index contributed by atoms with van der Waals surface area (Å²) in [6.45, 7) is 2.03. The molecule has 6 heteroatoms. The summed E-state index contributed by atoms with van der Waals surface area (Å²) in [7, 11) is 2.12. The molecule has 1 aromatic carbocycles. The molecule has 0 spiro atoms. The van der Waals surface area contributed by atoms with Crippen molar-refractivity contribution in [1.82, 2.24) is 15.5 Å². The van der Waals surface area contributed by atoms with Crippen LogP contribution in [0, 0.1) is 0 Å². The Labute approximate surface area is 179 Å². The molecule has 1 aromatic rings. The lowest BCUT2D eigenvalue weighted by Crippen LogP contribution is -2.43. The van der Waals surface area contributed by atoms with Crippen LogP contribution >= 0.6 is 11.8 Å². The van der Waals surface area contributed by atoms with Crippen LogP contribution in [-0.4, -0.2) is 54.7 Å². The zero-order chi connectivity index (χ0) is 20.5. The van der Waals surface area contributed by atoms with Gasteiger partial charge in [0.2, 0.25) is 5.91 Å². The van der Waals surface area contributed by atoms with Gasteiger partial charge in [0.05, 0.1) is 11.3 Å². The van der Waals surface area contributed by atoms with E-state index in [-0.39, 0.29) is 17.9 Å². The van der Waals surface area contributed by atoms with Gasteiger partial charge in [0, 0.05) is 17.0 Å². The number of amides is 2. The van der Waals surface area contributed by atoms with E-state index in [1.54, 1.807) is 0 Å². The molecule has 2 amide bonds. The fourth-order valence-electron chi connectivity index (χ4n) is 4.21. The lowest BCUT2D eigenvalue weighted by atomic mass is 9.97.